The van der Waals surface area contributed by atoms with Crippen LogP contribution in [0.2, 0.25) is 0 Å². The molecule has 2 aromatic carbocycles. The number of nitrogens with zero attached hydrogens (tertiary/aromatic N) is 2. The fraction of sp³-hybridized carbons (Fsp3) is 0.565. The van der Waals surface area contributed by atoms with Crippen molar-refractivity contribution >= 4 is 63.5 Å². The standard InChI is InChI=1S/C46H66N2O15S4/c1-34(24-28-63-44(2,3)4)33-48-40-23-21-36(67(59,60)62-8)32-38(40)46(6,26-16-30-65(54,55)61-7)42(48)18-12-9-11-17-41-45(5,25-15-29-64(51,52)53)37-31-35(66(56,57)58)20-22-39(37)47(41)27-14-10-13-19-43(49)50/h9,11-12,17-18,20-23,31-32,34H,10,13-16,19,24-30,33H2,1-8H3,(H2-,49,50,51,52,53,56,57,58)/p+1. The van der Waals surface area contributed by atoms with Gasteiger partial charge in [-0.25, -0.2) is 0 Å². The number of benzene rings is 2. The lowest BCUT2D eigenvalue weighted by Gasteiger charge is -2.30. The number of carbonyl (C=O) groups is 1. The van der Waals surface area contributed by atoms with Crippen LogP contribution in [0.25, 0.3) is 0 Å². The summed E-state index contributed by atoms with van der Waals surface area (Å²) < 4.78 is 137. The first-order chi connectivity index (χ1) is 31.0. The van der Waals surface area contributed by atoms with Gasteiger partial charge in [0.15, 0.2) is 12.3 Å². The number of carboxylic acid groups (broad SMARTS) is 1. The summed E-state index contributed by atoms with van der Waals surface area (Å²) in [5.74, 6) is -1.66. The van der Waals surface area contributed by atoms with Gasteiger partial charge >= 0.3 is 5.97 Å². The summed E-state index contributed by atoms with van der Waals surface area (Å²) in [5, 5.41) is 9.19. The molecule has 4 rings (SSSR count). The van der Waals surface area contributed by atoms with E-state index in [0.717, 1.165) is 25.6 Å². The van der Waals surface area contributed by atoms with E-state index in [1.807, 2.05) is 51.7 Å². The molecule has 0 bridgehead atoms. The second-order valence-corrected chi connectivity index (χ2v) is 25.1. The summed E-state index contributed by atoms with van der Waals surface area (Å²) in [6, 6.07) is 9.00. The average Bonchev–Trinajstić information content (AvgIpc) is 3.58. The van der Waals surface area contributed by atoms with E-state index in [1.54, 1.807) is 36.4 Å². The van der Waals surface area contributed by atoms with Crippen LogP contribution in [-0.2, 0) is 69.2 Å². The van der Waals surface area contributed by atoms with Crippen LogP contribution in [0.15, 0.2) is 82.3 Å². The Labute approximate surface area is 397 Å². The molecule has 0 aliphatic carbocycles. The number of unbranched alkanes of at least 4 members (excludes halogenated alkanes) is 2. The van der Waals surface area contributed by atoms with Crippen LogP contribution >= 0.6 is 0 Å². The predicted octanol–water partition coefficient (Wildman–Crippen LogP) is 7.31. The smallest absolute Gasteiger partial charge is 0.303 e. The second-order valence-electron chi connectivity index (χ2n) is 18.5. The van der Waals surface area contributed by atoms with E-state index in [4.69, 9.17) is 13.1 Å². The Hall–Kier alpha value is -3.80. The lowest BCUT2D eigenvalue weighted by Crippen LogP contribution is -2.33. The van der Waals surface area contributed by atoms with Gasteiger partial charge in [-0.2, -0.15) is 38.2 Å². The highest BCUT2D eigenvalue weighted by Crippen LogP contribution is 2.51. The zero-order valence-corrected chi connectivity index (χ0v) is 42.9. The van der Waals surface area contributed by atoms with E-state index in [2.05, 4.69) is 11.5 Å². The Morgan fingerprint density at radius 3 is 2.06 bits per heavy atom. The second kappa shape index (κ2) is 22.3. The minimum absolute atomic E-state index is 0.00537. The summed E-state index contributed by atoms with van der Waals surface area (Å²) in [6.07, 6.45) is 12.0. The Morgan fingerprint density at radius 1 is 0.806 bits per heavy atom. The van der Waals surface area contributed by atoms with E-state index in [9.17, 15) is 52.7 Å². The molecule has 21 heteroatoms. The molecule has 3 N–H and O–H groups in total. The molecule has 2 aliphatic heterocycles. The van der Waals surface area contributed by atoms with Crippen LogP contribution in [0.4, 0.5) is 11.4 Å². The van der Waals surface area contributed by atoms with Gasteiger partial charge in [-0.3, -0.25) is 22.3 Å². The third-order valence-electron chi connectivity index (χ3n) is 12.3. The zero-order chi connectivity index (χ0) is 50.2. The number of allylic oxidation sites excluding steroid dienone is 6. The van der Waals surface area contributed by atoms with Crippen molar-refractivity contribution in [3.63, 3.8) is 0 Å². The number of ether oxygens (including phenoxy) is 1. The third kappa shape index (κ3) is 14.9. The van der Waals surface area contributed by atoms with Gasteiger partial charge < -0.3 is 14.7 Å². The fourth-order valence-corrected chi connectivity index (χ4v) is 11.2. The van der Waals surface area contributed by atoms with E-state index >= 15 is 0 Å². The molecule has 0 fully saturated rings. The first-order valence-electron chi connectivity index (χ1n) is 22.1. The Bertz CT molecular complexity index is 2700. The van der Waals surface area contributed by atoms with Gasteiger partial charge in [0.1, 0.15) is 0 Å². The van der Waals surface area contributed by atoms with Crippen molar-refractivity contribution in [3.05, 3.63) is 83.6 Å². The van der Waals surface area contributed by atoms with Crippen LogP contribution in [0.5, 0.6) is 0 Å². The van der Waals surface area contributed by atoms with Crippen LogP contribution in [0.3, 0.4) is 0 Å². The van der Waals surface area contributed by atoms with Gasteiger partial charge in [0.2, 0.25) is 5.69 Å². The molecular weight excluding hydrogens is 949 g/mol. The molecule has 0 saturated heterocycles. The van der Waals surface area contributed by atoms with Gasteiger partial charge in [0, 0.05) is 60.0 Å². The normalized spacial score (nSPS) is 20.4. The lowest BCUT2D eigenvalue weighted by molar-refractivity contribution is -0.446. The van der Waals surface area contributed by atoms with E-state index in [0.29, 0.717) is 67.9 Å². The summed E-state index contributed by atoms with van der Waals surface area (Å²) in [6.45, 7) is 13.2. The summed E-state index contributed by atoms with van der Waals surface area (Å²) in [5.41, 5.74) is 1.70. The number of aliphatic carboxylic acids is 1. The van der Waals surface area contributed by atoms with E-state index in [-0.39, 0.29) is 59.2 Å². The number of fused-ring (bicyclic) bond motifs is 2. The Morgan fingerprint density at radius 2 is 1.45 bits per heavy atom. The van der Waals surface area contributed by atoms with Crippen molar-refractivity contribution in [1.29, 1.82) is 0 Å². The number of rotatable bonds is 26. The minimum Gasteiger partial charge on any atom is -0.481 e. The van der Waals surface area contributed by atoms with Crippen LogP contribution in [0, 0.1) is 5.92 Å². The highest BCUT2D eigenvalue weighted by Gasteiger charge is 2.49. The third-order valence-corrected chi connectivity index (χ3v) is 16.5. The number of carboxylic acids is 1. The molecular formula is C46H67N2O15S4+. The monoisotopic (exact) mass is 1020 g/mol. The first kappa shape index (κ1) is 55.8. The quantitative estimate of drug-likeness (QED) is 0.0275. The van der Waals surface area contributed by atoms with Gasteiger partial charge in [-0.05, 0) is 122 Å². The van der Waals surface area contributed by atoms with Crippen molar-refractivity contribution in [2.75, 3.05) is 50.3 Å². The van der Waals surface area contributed by atoms with Gasteiger partial charge in [-0.15, -0.1) is 0 Å². The Balaban J connectivity index is 1.87. The summed E-state index contributed by atoms with van der Waals surface area (Å²) in [4.78, 5) is 12.8. The molecule has 0 saturated carbocycles. The minimum atomic E-state index is -4.63. The number of hydrogen-bond donors (Lipinski definition) is 3. The predicted molar refractivity (Wildman–Crippen MR) is 256 cm³/mol. The molecule has 67 heavy (non-hydrogen) atoms. The maximum absolute atomic E-state index is 13.0. The molecule has 0 amide bonds. The topological polar surface area (TPSA) is 248 Å². The summed E-state index contributed by atoms with van der Waals surface area (Å²) >= 11 is 0. The van der Waals surface area contributed by atoms with Crippen molar-refractivity contribution in [3.8, 4) is 0 Å². The van der Waals surface area contributed by atoms with Crippen LogP contribution < -0.4 is 4.90 Å². The molecule has 2 aliphatic rings. The maximum atomic E-state index is 13.0. The maximum Gasteiger partial charge on any atom is 0.303 e. The van der Waals surface area contributed by atoms with Crippen molar-refractivity contribution in [2.24, 2.45) is 5.92 Å². The van der Waals surface area contributed by atoms with Gasteiger partial charge in [0.05, 0.1) is 46.5 Å². The molecule has 2 heterocycles. The molecule has 3 unspecified atom stereocenters. The molecule has 374 valence electrons. The first-order valence-corrected chi connectivity index (χ1v) is 28.2. The Kier molecular flexibility index (Phi) is 18.6. The summed E-state index contributed by atoms with van der Waals surface area (Å²) in [7, 11) is -14.7. The van der Waals surface area contributed by atoms with E-state index in [1.165, 1.54) is 18.2 Å². The van der Waals surface area contributed by atoms with Crippen molar-refractivity contribution < 1.29 is 70.4 Å². The number of hydrogen-bond acceptors (Lipinski definition) is 13. The molecule has 2 aromatic rings. The highest BCUT2D eigenvalue weighted by atomic mass is 32.2. The van der Waals surface area contributed by atoms with Crippen LogP contribution in [0.1, 0.15) is 110 Å². The SMILES string of the molecule is COS(=O)(=O)CCCC1(C)C(C=CC=CC=C2N(CCCCCC(=O)O)c3ccc(S(=O)(=O)O)cc3C2(C)CCCS(=O)(=O)O)=[N+](CC(C)CCOC(C)(C)C)c2ccc(S(=O)(=O)OC)cc21. The molecule has 0 spiro atoms. The molecule has 0 aromatic heterocycles. The van der Waals surface area contributed by atoms with Gasteiger partial charge in [-0.1, -0.05) is 31.6 Å². The average molecular weight is 1020 g/mol. The lowest BCUT2D eigenvalue weighted by atomic mass is 9.76. The highest BCUT2D eigenvalue weighted by molar-refractivity contribution is 7.87. The van der Waals surface area contributed by atoms with Crippen molar-refractivity contribution in [2.45, 2.75) is 126 Å². The van der Waals surface area contributed by atoms with Crippen molar-refractivity contribution in [1.82, 2.24) is 0 Å². The van der Waals surface area contributed by atoms with E-state index < -0.39 is 63.0 Å². The van der Waals surface area contributed by atoms with Gasteiger partial charge in [0.25, 0.3) is 40.5 Å². The molecule has 3 atom stereocenters. The van der Waals surface area contributed by atoms with Crippen LogP contribution in [-0.4, -0.2) is 115 Å². The fourth-order valence-electron chi connectivity index (χ4n) is 8.78. The molecule has 17 nitrogen and oxygen atoms in total. The zero-order valence-electron chi connectivity index (χ0n) is 39.6. The number of anilines is 1. The largest absolute Gasteiger partial charge is 0.481 e. The molecule has 0 radical (unpaired) electrons.